The van der Waals surface area contributed by atoms with Crippen LogP contribution in [0.4, 0.5) is 35.1 Å². The molecule has 4 nitrogen and oxygen atoms in total. The van der Waals surface area contributed by atoms with Crippen molar-refractivity contribution in [3.63, 3.8) is 0 Å². The maximum absolute atomic E-state index is 13.7. The molecule has 12 heteroatoms. The molecule has 0 saturated carbocycles. The van der Waals surface area contributed by atoms with Crippen molar-refractivity contribution < 1.29 is 44.7 Å². The number of hydrogen-bond acceptors (Lipinski definition) is 3. The predicted octanol–water partition coefficient (Wildman–Crippen LogP) is 4.40. The van der Waals surface area contributed by atoms with Crippen LogP contribution in [0.15, 0.2) is 36.5 Å². The molecule has 1 aromatic carbocycles. The SMILES string of the molecule is NC(=O)c1cnc(Oc2ccc(C(F)(F)C(F)(F)C(F)(F)F)cc2)c(F)c1. The van der Waals surface area contributed by atoms with Crippen LogP contribution in [0.2, 0.25) is 0 Å². The first-order valence-electron chi connectivity index (χ1n) is 6.83. The van der Waals surface area contributed by atoms with E-state index >= 15 is 0 Å². The molecule has 0 aliphatic heterocycles. The summed E-state index contributed by atoms with van der Waals surface area (Å²) in [5.74, 6) is -15.1. The Kier molecular flexibility index (Phi) is 5.04. The first-order chi connectivity index (χ1) is 12.3. The third-order valence-electron chi connectivity index (χ3n) is 3.27. The zero-order chi connectivity index (χ0) is 20.6. The summed E-state index contributed by atoms with van der Waals surface area (Å²) in [5.41, 5.74) is 2.99. The summed E-state index contributed by atoms with van der Waals surface area (Å²) in [5, 5.41) is 0. The van der Waals surface area contributed by atoms with Crippen molar-refractivity contribution in [1.29, 1.82) is 0 Å². The van der Waals surface area contributed by atoms with Crippen molar-refractivity contribution in [2.75, 3.05) is 0 Å². The predicted molar refractivity (Wildman–Crippen MR) is 74.1 cm³/mol. The van der Waals surface area contributed by atoms with Crippen molar-refractivity contribution in [2.45, 2.75) is 18.0 Å². The van der Waals surface area contributed by atoms with Gasteiger partial charge in [-0.25, -0.2) is 9.37 Å². The molecular formula is C15H8F8N2O2. The van der Waals surface area contributed by atoms with Crippen molar-refractivity contribution >= 4 is 5.91 Å². The number of nitrogens with zero attached hydrogens (tertiary/aromatic N) is 1. The largest absolute Gasteiger partial charge is 0.460 e. The second kappa shape index (κ2) is 6.67. The van der Waals surface area contributed by atoms with E-state index in [4.69, 9.17) is 10.5 Å². The number of carbonyl (C=O) groups is 1. The molecule has 2 rings (SSSR count). The van der Waals surface area contributed by atoms with Crippen LogP contribution in [-0.4, -0.2) is 23.0 Å². The quantitative estimate of drug-likeness (QED) is 0.757. The summed E-state index contributed by atoms with van der Waals surface area (Å²) in [7, 11) is 0. The summed E-state index contributed by atoms with van der Waals surface area (Å²) in [6.45, 7) is 0. The number of pyridine rings is 1. The Morgan fingerprint density at radius 1 is 1.00 bits per heavy atom. The van der Waals surface area contributed by atoms with Crippen LogP contribution in [0.1, 0.15) is 15.9 Å². The molecule has 0 unspecified atom stereocenters. The van der Waals surface area contributed by atoms with Gasteiger partial charge in [-0.3, -0.25) is 4.79 Å². The first-order valence-corrected chi connectivity index (χ1v) is 6.83. The molecule has 0 saturated heterocycles. The normalized spacial score (nSPS) is 12.7. The van der Waals surface area contributed by atoms with Crippen LogP contribution in [0.3, 0.4) is 0 Å². The van der Waals surface area contributed by atoms with Crippen LogP contribution in [0, 0.1) is 5.82 Å². The van der Waals surface area contributed by atoms with Crippen LogP contribution in [-0.2, 0) is 5.92 Å². The maximum Gasteiger partial charge on any atom is 0.460 e. The second-order valence-corrected chi connectivity index (χ2v) is 5.15. The third-order valence-corrected chi connectivity index (χ3v) is 3.27. The van der Waals surface area contributed by atoms with E-state index < -0.39 is 41.2 Å². The third kappa shape index (κ3) is 3.78. The van der Waals surface area contributed by atoms with Gasteiger partial charge >= 0.3 is 18.0 Å². The van der Waals surface area contributed by atoms with Gasteiger partial charge in [-0.1, -0.05) is 0 Å². The van der Waals surface area contributed by atoms with Crippen LogP contribution in [0.25, 0.3) is 0 Å². The molecule has 0 spiro atoms. The molecule has 2 aromatic rings. The topological polar surface area (TPSA) is 65.2 Å². The number of halogens is 8. The van der Waals surface area contributed by atoms with Crippen molar-refractivity contribution in [1.82, 2.24) is 4.98 Å². The fourth-order valence-corrected chi connectivity index (χ4v) is 1.84. The molecule has 0 fully saturated rings. The number of rotatable bonds is 5. The highest BCUT2D eigenvalue weighted by Gasteiger charge is 2.73. The molecule has 0 atom stereocenters. The average Bonchev–Trinajstić information content (AvgIpc) is 2.55. The Labute approximate surface area is 145 Å². The van der Waals surface area contributed by atoms with Crippen molar-refractivity contribution in [3.05, 3.63) is 53.5 Å². The van der Waals surface area contributed by atoms with Gasteiger partial charge in [0.05, 0.1) is 5.56 Å². The number of hydrogen-bond donors (Lipinski definition) is 1. The van der Waals surface area contributed by atoms with Gasteiger partial charge in [0.1, 0.15) is 5.75 Å². The Morgan fingerprint density at radius 2 is 1.56 bits per heavy atom. The number of primary amides is 1. The minimum atomic E-state index is -6.47. The summed E-state index contributed by atoms with van der Waals surface area (Å²) in [6, 6.07) is 2.46. The summed E-state index contributed by atoms with van der Waals surface area (Å²) in [4.78, 5) is 14.3. The minimum Gasteiger partial charge on any atom is -0.436 e. The standard InChI is InChI=1S/C15H8F8N2O2/c16-10-5-7(11(24)26)6-25-12(10)27-9-3-1-8(2-4-9)13(17,18)14(19,20)15(21,22)23/h1-6H,(H2,24,26). The van der Waals surface area contributed by atoms with E-state index in [1.165, 1.54) is 0 Å². The molecule has 0 bridgehead atoms. The van der Waals surface area contributed by atoms with E-state index in [2.05, 4.69) is 4.98 Å². The monoisotopic (exact) mass is 400 g/mol. The van der Waals surface area contributed by atoms with Crippen molar-refractivity contribution in [2.24, 2.45) is 5.73 Å². The molecule has 0 aliphatic carbocycles. The molecule has 2 N–H and O–H groups in total. The van der Waals surface area contributed by atoms with E-state index in [1.54, 1.807) is 0 Å². The summed E-state index contributed by atoms with van der Waals surface area (Å²) < 4.78 is 108. The van der Waals surface area contributed by atoms with Gasteiger partial charge in [-0.15, -0.1) is 0 Å². The maximum atomic E-state index is 13.7. The highest BCUT2D eigenvalue weighted by atomic mass is 19.4. The number of benzene rings is 1. The Bertz CT molecular complexity index is 850. The minimum absolute atomic E-state index is 0.269. The summed E-state index contributed by atoms with van der Waals surface area (Å²) in [6.07, 6.45) is -5.62. The zero-order valence-corrected chi connectivity index (χ0v) is 12.8. The van der Waals surface area contributed by atoms with E-state index in [0.29, 0.717) is 18.2 Å². The molecular weight excluding hydrogens is 392 g/mol. The lowest BCUT2D eigenvalue weighted by Crippen LogP contribution is -2.49. The number of carbonyl (C=O) groups excluding carboxylic acids is 1. The molecule has 1 aromatic heterocycles. The summed E-state index contributed by atoms with van der Waals surface area (Å²) >= 11 is 0. The molecule has 1 amide bonds. The number of nitrogens with two attached hydrogens (primary N) is 1. The van der Waals surface area contributed by atoms with Gasteiger partial charge in [0, 0.05) is 11.8 Å². The van der Waals surface area contributed by atoms with Crippen molar-refractivity contribution in [3.8, 4) is 11.6 Å². The molecule has 146 valence electrons. The second-order valence-electron chi connectivity index (χ2n) is 5.15. The van der Waals surface area contributed by atoms with E-state index in [0.717, 1.165) is 6.20 Å². The highest BCUT2D eigenvalue weighted by molar-refractivity contribution is 5.92. The van der Waals surface area contributed by atoms with Crippen LogP contribution >= 0.6 is 0 Å². The molecule has 1 heterocycles. The lowest BCUT2D eigenvalue weighted by molar-refractivity contribution is -0.359. The van der Waals surface area contributed by atoms with Gasteiger partial charge in [-0.05, 0) is 30.3 Å². The van der Waals surface area contributed by atoms with E-state index in [-0.39, 0.29) is 23.4 Å². The molecule has 0 radical (unpaired) electrons. The van der Waals surface area contributed by atoms with E-state index in [9.17, 15) is 39.9 Å². The fraction of sp³-hybridized carbons (Fsp3) is 0.200. The number of ether oxygens (including phenoxy) is 1. The van der Waals surface area contributed by atoms with Gasteiger partial charge in [0.25, 0.3) is 5.88 Å². The zero-order valence-electron chi connectivity index (χ0n) is 12.8. The van der Waals surface area contributed by atoms with Gasteiger partial charge in [0.15, 0.2) is 5.82 Å². The average molecular weight is 400 g/mol. The van der Waals surface area contributed by atoms with Crippen LogP contribution in [0.5, 0.6) is 11.6 Å². The first kappa shape index (κ1) is 20.4. The van der Waals surface area contributed by atoms with Gasteiger partial charge in [0.2, 0.25) is 5.91 Å². The van der Waals surface area contributed by atoms with E-state index in [1.807, 2.05) is 0 Å². The lowest BCUT2D eigenvalue weighted by atomic mass is 10.0. The Balaban J connectivity index is 2.27. The Morgan fingerprint density at radius 3 is 2.00 bits per heavy atom. The fourth-order valence-electron chi connectivity index (χ4n) is 1.84. The highest BCUT2D eigenvalue weighted by Crippen LogP contribution is 2.51. The molecule has 0 aliphatic rings. The lowest BCUT2D eigenvalue weighted by Gasteiger charge is -2.28. The van der Waals surface area contributed by atoms with Crippen LogP contribution < -0.4 is 10.5 Å². The van der Waals surface area contributed by atoms with Gasteiger partial charge < -0.3 is 10.5 Å². The number of alkyl halides is 7. The number of aromatic nitrogens is 1. The Hall–Kier alpha value is -2.92. The van der Waals surface area contributed by atoms with Gasteiger partial charge in [-0.2, -0.15) is 30.7 Å². The number of amides is 1. The smallest absolute Gasteiger partial charge is 0.436 e. The molecule has 27 heavy (non-hydrogen) atoms.